The van der Waals surface area contributed by atoms with Crippen LogP contribution in [0.3, 0.4) is 0 Å². The Labute approximate surface area is 58.9 Å². The fraction of sp³-hybridized carbons (Fsp3) is 0.833. The minimum atomic E-state index is -0.885. The lowest BCUT2D eigenvalue weighted by Crippen LogP contribution is -2.37. The van der Waals surface area contributed by atoms with Crippen LogP contribution in [0.2, 0.25) is 0 Å². The Bertz CT molecular complexity index is 148. The molecule has 0 amide bonds. The van der Waals surface area contributed by atoms with Gasteiger partial charge in [-0.1, -0.05) is 6.92 Å². The first-order valence-corrected chi connectivity index (χ1v) is 3.28. The predicted molar refractivity (Wildman–Crippen MR) is 34.3 cm³/mol. The van der Waals surface area contributed by atoms with Gasteiger partial charge in [0.15, 0.2) is 0 Å². The Morgan fingerprint density at radius 3 is 2.50 bits per heavy atom. The molecule has 3 N–H and O–H groups in total. The average molecular weight is 145 g/mol. The maximum atomic E-state index is 10.4. The molecule has 0 aliphatic carbocycles. The van der Waals surface area contributed by atoms with E-state index in [9.17, 15) is 4.79 Å². The number of carboxylic acids is 1. The molecule has 0 unspecified atom stereocenters. The smallest absolute Gasteiger partial charge is 0.321 e. The Balaban J connectivity index is 2.54. The standard InChI is InChI=1S/C6H11NO3/c1-3-2-4(8)7-5(3)6(9)10/h3-5,7-8H,2H2,1H3,(H,9,10)/t3-,4-,5-/m0/s1. The highest BCUT2D eigenvalue weighted by Gasteiger charge is 2.34. The molecule has 0 aromatic carbocycles. The second-order valence-electron chi connectivity index (χ2n) is 2.71. The molecule has 1 aliphatic heterocycles. The van der Waals surface area contributed by atoms with Crippen molar-refractivity contribution in [2.45, 2.75) is 25.6 Å². The normalized spacial score (nSPS) is 40.0. The van der Waals surface area contributed by atoms with E-state index in [1.54, 1.807) is 0 Å². The van der Waals surface area contributed by atoms with Crippen molar-refractivity contribution >= 4 is 5.97 Å². The van der Waals surface area contributed by atoms with Crippen LogP contribution in [0.1, 0.15) is 13.3 Å². The SMILES string of the molecule is C[C@H]1C[C@H](O)N[C@@H]1C(=O)O. The number of carbonyl (C=O) groups is 1. The van der Waals surface area contributed by atoms with E-state index >= 15 is 0 Å². The van der Waals surface area contributed by atoms with Crippen LogP contribution in [0.15, 0.2) is 0 Å². The third kappa shape index (κ3) is 1.27. The molecular weight excluding hydrogens is 134 g/mol. The number of aliphatic hydroxyl groups excluding tert-OH is 1. The van der Waals surface area contributed by atoms with Crippen molar-refractivity contribution in [2.75, 3.05) is 0 Å². The van der Waals surface area contributed by atoms with Crippen molar-refractivity contribution in [2.24, 2.45) is 5.92 Å². The number of carboxylic acid groups (broad SMARTS) is 1. The van der Waals surface area contributed by atoms with Gasteiger partial charge < -0.3 is 10.2 Å². The number of rotatable bonds is 1. The first kappa shape index (κ1) is 7.50. The molecule has 0 radical (unpaired) electrons. The Hall–Kier alpha value is -0.610. The highest BCUT2D eigenvalue weighted by molar-refractivity contribution is 5.74. The summed E-state index contributed by atoms with van der Waals surface area (Å²) in [5.41, 5.74) is 0. The molecular formula is C6H11NO3. The largest absolute Gasteiger partial charge is 0.480 e. The molecule has 1 fully saturated rings. The topological polar surface area (TPSA) is 69.6 Å². The van der Waals surface area contributed by atoms with E-state index < -0.39 is 18.2 Å². The van der Waals surface area contributed by atoms with Gasteiger partial charge in [0, 0.05) is 0 Å². The molecule has 1 saturated heterocycles. The van der Waals surface area contributed by atoms with Crippen LogP contribution in [0, 0.1) is 5.92 Å². The molecule has 4 nitrogen and oxygen atoms in total. The summed E-state index contributed by atoms with van der Waals surface area (Å²) in [5.74, 6) is -0.864. The quantitative estimate of drug-likeness (QED) is 0.460. The molecule has 0 bridgehead atoms. The van der Waals surface area contributed by atoms with Gasteiger partial charge in [-0.05, 0) is 12.3 Å². The van der Waals surface area contributed by atoms with Crippen LogP contribution in [0.25, 0.3) is 0 Å². The Morgan fingerprint density at radius 2 is 2.30 bits per heavy atom. The van der Waals surface area contributed by atoms with Crippen molar-refractivity contribution in [3.8, 4) is 0 Å². The molecule has 10 heavy (non-hydrogen) atoms. The maximum Gasteiger partial charge on any atom is 0.321 e. The van der Waals surface area contributed by atoms with Gasteiger partial charge in [-0.2, -0.15) is 0 Å². The lowest BCUT2D eigenvalue weighted by molar-refractivity contribution is -0.140. The summed E-state index contributed by atoms with van der Waals surface area (Å²) in [7, 11) is 0. The predicted octanol–water partition coefficient (Wildman–Crippen LogP) is -0.613. The second-order valence-corrected chi connectivity index (χ2v) is 2.71. The van der Waals surface area contributed by atoms with Crippen molar-refractivity contribution in [1.29, 1.82) is 0 Å². The van der Waals surface area contributed by atoms with E-state index in [0.29, 0.717) is 6.42 Å². The van der Waals surface area contributed by atoms with Gasteiger partial charge in [0.05, 0.1) is 0 Å². The number of aliphatic hydroxyl groups is 1. The molecule has 0 aromatic heterocycles. The van der Waals surface area contributed by atoms with Gasteiger partial charge in [0.1, 0.15) is 12.3 Å². The molecule has 4 heteroatoms. The lowest BCUT2D eigenvalue weighted by atomic mass is 10.0. The number of hydrogen-bond donors (Lipinski definition) is 3. The van der Waals surface area contributed by atoms with E-state index in [-0.39, 0.29) is 5.92 Å². The monoisotopic (exact) mass is 145 g/mol. The number of aliphatic carboxylic acids is 1. The first-order valence-electron chi connectivity index (χ1n) is 3.28. The molecule has 0 aromatic rings. The van der Waals surface area contributed by atoms with Crippen LogP contribution in [-0.4, -0.2) is 28.5 Å². The van der Waals surface area contributed by atoms with Crippen molar-refractivity contribution in [3.63, 3.8) is 0 Å². The van der Waals surface area contributed by atoms with Gasteiger partial charge in [-0.25, -0.2) is 0 Å². The third-order valence-corrected chi connectivity index (χ3v) is 1.80. The summed E-state index contributed by atoms with van der Waals surface area (Å²) >= 11 is 0. The van der Waals surface area contributed by atoms with E-state index in [1.165, 1.54) is 0 Å². The minimum Gasteiger partial charge on any atom is -0.480 e. The van der Waals surface area contributed by atoms with Crippen LogP contribution in [0.5, 0.6) is 0 Å². The van der Waals surface area contributed by atoms with E-state index in [4.69, 9.17) is 10.2 Å². The van der Waals surface area contributed by atoms with Crippen LogP contribution in [-0.2, 0) is 4.79 Å². The van der Waals surface area contributed by atoms with Crippen LogP contribution in [0.4, 0.5) is 0 Å². The fourth-order valence-corrected chi connectivity index (χ4v) is 1.24. The molecule has 1 heterocycles. The highest BCUT2D eigenvalue weighted by atomic mass is 16.4. The zero-order valence-electron chi connectivity index (χ0n) is 5.74. The lowest BCUT2D eigenvalue weighted by Gasteiger charge is -2.07. The van der Waals surface area contributed by atoms with Gasteiger partial charge in [0.25, 0.3) is 0 Å². The Kier molecular flexibility index (Phi) is 1.92. The average Bonchev–Trinajstić information content (AvgIpc) is 2.10. The third-order valence-electron chi connectivity index (χ3n) is 1.80. The Morgan fingerprint density at radius 1 is 1.70 bits per heavy atom. The molecule has 3 atom stereocenters. The number of hydrogen-bond acceptors (Lipinski definition) is 3. The molecule has 1 aliphatic rings. The van der Waals surface area contributed by atoms with Crippen LogP contribution < -0.4 is 5.32 Å². The molecule has 0 saturated carbocycles. The van der Waals surface area contributed by atoms with Crippen molar-refractivity contribution in [1.82, 2.24) is 5.32 Å². The van der Waals surface area contributed by atoms with Gasteiger partial charge >= 0.3 is 5.97 Å². The minimum absolute atomic E-state index is 0.0208. The zero-order chi connectivity index (χ0) is 7.72. The molecule has 0 spiro atoms. The molecule has 1 rings (SSSR count). The van der Waals surface area contributed by atoms with Gasteiger partial charge in [-0.15, -0.1) is 0 Å². The summed E-state index contributed by atoms with van der Waals surface area (Å²) in [6.45, 7) is 1.81. The van der Waals surface area contributed by atoms with E-state index in [2.05, 4.69) is 5.32 Å². The summed E-state index contributed by atoms with van der Waals surface area (Å²) in [4.78, 5) is 10.4. The van der Waals surface area contributed by atoms with Crippen molar-refractivity contribution < 1.29 is 15.0 Å². The van der Waals surface area contributed by atoms with Crippen LogP contribution >= 0.6 is 0 Å². The number of nitrogens with one attached hydrogen (secondary N) is 1. The fourth-order valence-electron chi connectivity index (χ4n) is 1.24. The second kappa shape index (κ2) is 2.56. The summed E-state index contributed by atoms with van der Waals surface area (Å²) in [6.07, 6.45) is -0.118. The zero-order valence-corrected chi connectivity index (χ0v) is 5.74. The van der Waals surface area contributed by atoms with E-state index in [0.717, 1.165) is 0 Å². The first-order chi connectivity index (χ1) is 4.61. The maximum absolute atomic E-state index is 10.4. The summed E-state index contributed by atoms with van der Waals surface area (Å²) in [5, 5.41) is 20.0. The van der Waals surface area contributed by atoms with Crippen molar-refractivity contribution in [3.05, 3.63) is 0 Å². The highest BCUT2D eigenvalue weighted by Crippen LogP contribution is 2.17. The van der Waals surface area contributed by atoms with Gasteiger partial charge in [0.2, 0.25) is 0 Å². The summed E-state index contributed by atoms with van der Waals surface area (Å²) < 4.78 is 0. The molecule has 58 valence electrons. The van der Waals surface area contributed by atoms with E-state index in [1.807, 2.05) is 6.92 Å². The van der Waals surface area contributed by atoms with Gasteiger partial charge in [-0.3, -0.25) is 10.1 Å². The summed E-state index contributed by atoms with van der Waals surface area (Å²) in [6, 6.07) is -0.574.